The van der Waals surface area contributed by atoms with Crippen LogP contribution in [0.25, 0.3) is 0 Å². The van der Waals surface area contributed by atoms with Crippen LogP contribution >= 0.6 is 0 Å². The van der Waals surface area contributed by atoms with Gasteiger partial charge in [-0.15, -0.1) is 0 Å². The van der Waals surface area contributed by atoms with Crippen LogP contribution < -0.4 is 14.9 Å². The summed E-state index contributed by atoms with van der Waals surface area (Å²) in [5.41, 5.74) is 0.242. The Morgan fingerprint density at radius 2 is 1.52 bits per heavy atom. The zero-order valence-corrected chi connectivity index (χ0v) is 13.4. The molecule has 0 aromatic heterocycles. The summed E-state index contributed by atoms with van der Waals surface area (Å²) in [6.45, 7) is 7.93. The monoisotopic (exact) mass is 292 g/mol. The highest BCUT2D eigenvalue weighted by molar-refractivity contribution is 6.63. The van der Waals surface area contributed by atoms with E-state index in [4.69, 9.17) is 18.8 Å². The van der Waals surface area contributed by atoms with Crippen LogP contribution in [0, 0.1) is 0 Å². The van der Waals surface area contributed by atoms with Gasteiger partial charge in [0.05, 0.1) is 31.0 Å². The van der Waals surface area contributed by atoms with Crippen LogP contribution in [0.5, 0.6) is 11.5 Å². The van der Waals surface area contributed by atoms with Gasteiger partial charge >= 0.3 is 7.12 Å². The number of carbonyl (C=O) groups excluding carboxylic acids is 1. The molecular formula is C15H21BO5. The average Bonchev–Trinajstić information content (AvgIpc) is 2.65. The van der Waals surface area contributed by atoms with Crippen LogP contribution in [0.4, 0.5) is 0 Å². The number of hydrogen-bond acceptors (Lipinski definition) is 5. The first-order valence-electron chi connectivity index (χ1n) is 6.82. The normalized spacial score (nSPS) is 19.4. The maximum Gasteiger partial charge on any atom is 0.498 e. The summed E-state index contributed by atoms with van der Waals surface area (Å²) in [5, 5.41) is 0. The Hall–Kier alpha value is -1.53. The zero-order valence-electron chi connectivity index (χ0n) is 13.4. The summed E-state index contributed by atoms with van der Waals surface area (Å²) in [4.78, 5) is 11.1. The zero-order chi connectivity index (χ0) is 15.8. The molecule has 1 saturated heterocycles. The van der Waals surface area contributed by atoms with E-state index < -0.39 is 18.3 Å². The maximum absolute atomic E-state index is 11.1. The lowest BCUT2D eigenvalue weighted by Gasteiger charge is -2.32. The van der Waals surface area contributed by atoms with Crippen molar-refractivity contribution in [3.05, 3.63) is 17.7 Å². The van der Waals surface area contributed by atoms with Crippen molar-refractivity contribution in [1.29, 1.82) is 0 Å². The Bertz CT molecular complexity index is 537. The van der Waals surface area contributed by atoms with Gasteiger partial charge in [0.1, 0.15) is 11.5 Å². The van der Waals surface area contributed by atoms with Gasteiger partial charge in [0.15, 0.2) is 6.29 Å². The summed E-state index contributed by atoms with van der Waals surface area (Å²) in [7, 11) is 2.49. The third kappa shape index (κ3) is 2.65. The molecular weight excluding hydrogens is 271 g/mol. The van der Waals surface area contributed by atoms with Crippen LogP contribution in [0.1, 0.15) is 38.1 Å². The Morgan fingerprint density at radius 3 is 1.95 bits per heavy atom. The summed E-state index contributed by atoms with van der Waals surface area (Å²) >= 11 is 0. The van der Waals surface area contributed by atoms with E-state index in [1.165, 1.54) is 7.11 Å². The Balaban J connectivity index is 2.47. The molecule has 1 aliphatic rings. The van der Waals surface area contributed by atoms with Crippen molar-refractivity contribution in [2.75, 3.05) is 14.2 Å². The number of ether oxygens (including phenoxy) is 2. The molecule has 0 spiro atoms. The lowest BCUT2D eigenvalue weighted by molar-refractivity contribution is 0.00578. The minimum absolute atomic E-state index is 0.426. The van der Waals surface area contributed by atoms with E-state index in [2.05, 4.69) is 0 Å². The van der Waals surface area contributed by atoms with Crippen molar-refractivity contribution in [1.82, 2.24) is 0 Å². The fourth-order valence-corrected chi connectivity index (χ4v) is 2.19. The fraction of sp³-hybridized carbons (Fsp3) is 0.533. The molecule has 1 fully saturated rings. The molecule has 1 heterocycles. The van der Waals surface area contributed by atoms with E-state index in [0.29, 0.717) is 22.5 Å². The molecule has 0 N–H and O–H groups in total. The molecule has 0 aliphatic carbocycles. The molecule has 0 amide bonds. The van der Waals surface area contributed by atoms with Crippen molar-refractivity contribution < 1.29 is 23.6 Å². The minimum Gasteiger partial charge on any atom is -0.497 e. The van der Waals surface area contributed by atoms with E-state index in [0.717, 1.165) is 6.29 Å². The van der Waals surface area contributed by atoms with Gasteiger partial charge in [-0.3, -0.25) is 4.79 Å². The molecule has 5 nitrogen and oxygen atoms in total. The molecule has 0 bridgehead atoms. The number of carbonyl (C=O) groups is 1. The van der Waals surface area contributed by atoms with Gasteiger partial charge in [0.25, 0.3) is 0 Å². The lowest BCUT2D eigenvalue weighted by Crippen LogP contribution is -2.41. The fourth-order valence-electron chi connectivity index (χ4n) is 2.19. The Kier molecular flexibility index (Phi) is 4.04. The number of hydrogen-bond donors (Lipinski definition) is 0. The van der Waals surface area contributed by atoms with Crippen molar-refractivity contribution in [2.24, 2.45) is 0 Å². The van der Waals surface area contributed by atoms with Gasteiger partial charge in [-0.2, -0.15) is 0 Å². The molecule has 1 aromatic rings. The summed E-state index contributed by atoms with van der Waals surface area (Å²) in [5.74, 6) is 1.01. The van der Waals surface area contributed by atoms with Gasteiger partial charge in [-0.05, 0) is 39.8 Å². The first-order chi connectivity index (χ1) is 9.75. The highest BCUT2D eigenvalue weighted by Gasteiger charge is 2.52. The molecule has 1 aromatic carbocycles. The van der Waals surface area contributed by atoms with E-state index in [9.17, 15) is 4.79 Å². The highest BCUT2D eigenvalue weighted by atomic mass is 16.7. The molecule has 1 aliphatic heterocycles. The number of aldehydes is 1. The largest absolute Gasteiger partial charge is 0.498 e. The molecule has 21 heavy (non-hydrogen) atoms. The van der Waals surface area contributed by atoms with Crippen LogP contribution in [0.15, 0.2) is 12.1 Å². The lowest BCUT2D eigenvalue weighted by atomic mass is 9.77. The number of methoxy groups -OCH3 is 2. The molecule has 0 radical (unpaired) electrons. The second-order valence-electron chi connectivity index (χ2n) is 6.04. The first kappa shape index (κ1) is 15.9. The van der Waals surface area contributed by atoms with Crippen LogP contribution in [-0.4, -0.2) is 38.8 Å². The molecule has 0 atom stereocenters. The predicted octanol–water partition coefficient (Wildman–Crippen LogP) is 1.82. The quantitative estimate of drug-likeness (QED) is 0.626. The maximum atomic E-state index is 11.1. The van der Waals surface area contributed by atoms with Crippen molar-refractivity contribution >= 4 is 18.9 Å². The Labute approximate surface area is 125 Å². The predicted molar refractivity (Wildman–Crippen MR) is 80.6 cm³/mol. The third-order valence-corrected chi connectivity index (χ3v) is 4.22. The first-order valence-corrected chi connectivity index (χ1v) is 6.82. The number of rotatable bonds is 4. The second kappa shape index (κ2) is 5.35. The molecule has 114 valence electrons. The van der Waals surface area contributed by atoms with Gasteiger partial charge in [0.2, 0.25) is 0 Å². The Morgan fingerprint density at radius 1 is 1.00 bits per heavy atom. The van der Waals surface area contributed by atoms with Crippen molar-refractivity contribution in [2.45, 2.75) is 38.9 Å². The SMILES string of the molecule is COc1cc(B2OC(C)(C)C(C)(C)O2)c(OC)cc1C=O. The molecule has 2 rings (SSSR count). The second-order valence-corrected chi connectivity index (χ2v) is 6.04. The van der Waals surface area contributed by atoms with Crippen molar-refractivity contribution in [3.63, 3.8) is 0 Å². The third-order valence-electron chi connectivity index (χ3n) is 4.22. The number of benzene rings is 1. The van der Waals surface area contributed by atoms with Gasteiger partial charge in [0, 0.05) is 5.46 Å². The topological polar surface area (TPSA) is 54.0 Å². The molecule has 6 heteroatoms. The standard InChI is InChI=1S/C15H21BO5/c1-14(2)15(3,4)21-16(20-14)11-8-12(18-5)10(9-17)7-13(11)19-6/h7-9H,1-6H3. The van der Waals surface area contributed by atoms with E-state index in [1.54, 1.807) is 19.2 Å². The summed E-state index contributed by atoms with van der Waals surface area (Å²) < 4.78 is 22.6. The van der Waals surface area contributed by atoms with E-state index in [-0.39, 0.29) is 0 Å². The van der Waals surface area contributed by atoms with Crippen molar-refractivity contribution in [3.8, 4) is 11.5 Å². The average molecular weight is 292 g/mol. The smallest absolute Gasteiger partial charge is 0.497 e. The van der Waals surface area contributed by atoms with E-state index in [1.807, 2.05) is 27.7 Å². The van der Waals surface area contributed by atoms with Gasteiger partial charge in [-0.25, -0.2) is 0 Å². The summed E-state index contributed by atoms with van der Waals surface area (Å²) in [6, 6.07) is 3.36. The molecule has 0 saturated carbocycles. The van der Waals surface area contributed by atoms with Crippen LogP contribution in [0.2, 0.25) is 0 Å². The van der Waals surface area contributed by atoms with Gasteiger partial charge < -0.3 is 18.8 Å². The highest BCUT2D eigenvalue weighted by Crippen LogP contribution is 2.37. The molecule has 0 unspecified atom stereocenters. The van der Waals surface area contributed by atoms with Crippen LogP contribution in [0.3, 0.4) is 0 Å². The van der Waals surface area contributed by atoms with Gasteiger partial charge in [-0.1, -0.05) is 0 Å². The minimum atomic E-state index is -0.570. The van der Waals surface area contributed by atoms with Crippen LogP contribution in [-0.2, 0) is 9.31 Å². The summed E-state index contributed by atoms with van der Waals surface area (Å²) in [6.07, 6.45) is 0.732. The van der Waals surface area contributed by atoms with E-state index >= 15 is 0 Å².